The quantitative estimate of drug-likeness (QED) is 0.575. The Morgan fingerprint density at radius 2 is 2.04 bits per heavy atom. The van der Waals surface area contributed by atoms with E-state index < -0.39 is 0 Å². The molecule has 25 heavy (non-hydrogen) atoms. The Kier molecular flexibility index (Phi) is 3.78. The smallest absolute Gasteiger partial charge is 0.291 e. The SMILES string of the molecule is Cc1c(C(=O)Nc2cccc(-n3cccn3)c2)oc2c(Cl)cccc12. The van der Waals surface area contributed by atoms with E-state index in [4.69, 9.17) is 16.0 Å². The van der Waals surface area contributed by atoms with Crippen LogP contribution in [0.25, 0.3) is 16.7 Å². The summed E-state index contributed by atoms with van der Waals surface area (Å²) in [4.78, 5) is 12.6. The van der Waals surface area contributed by atoms with Crippen molar-refractivity contribution in [3.8, 4) is 5.69 Å². The number of carbonyl (C=O) groups excluding carboxylic acids is 1. The number of rotatable bonds is 3. The first-order valence-corrected chi connectivity index (χ1v) is 8.10. The Balaban J connectivity index is 1.66. The fourth-order valence-electron chi connectivity index (χ4n) is 2.76. The highest BCUT2D eigenvalue weighted by molar-refractivity contribution is 6.35. The van der Waals surface area contributed by atoms with E-state index in [1.54, 1.807) is 16.9 Å². The van der Waals surface area contributed by atoms with Crippen LogP contribution >= 0.6 is 11.6 Å². The molecule has 0 spiro atoms. The van der Waals surface area contributed by atoms with Crippen LogP contribution in [0.4, 0.5) is 5.69 Å². The third-order valence-corrected chi connectivity index (χ3v) is 4.29. The maximum atomic E-state index is 12.6. The van der Waals surface area contributed by atoms with Crippen LogP contribution in [0.5, 0.6) is 0 Å². The first kappa shape index (κ1) is 15.5. The van der Waals surface area contributed by atoms with Crippen molar-refractivity contribution in [2.45, 2.75) is 6.92 Å². The average molecular weight is 352 g/mol. The summed E-state index contributed by atoms with van der Waals surface area (Å²) >= 11 is 6.15. The van der Waals surface area contributed by atoms with E-state index in [0.717, 1.165) is 16.6 Å². The number of furan rings is 1. The Morgan fingerprint density at radius 1 is 1.20 bits per heavy atom. The molecule has 2 aromatic heterocycles. The van der Waals surface area contributed by atoms with Gasteiger partial charge in [0.05, 0.1) is 10.7 Å². The van der Waals surface area contributed by atoms with Crippen molar-refractivity contribution < 1.29 is 9.21 Å². The molecule has 0 fully saturated rings. The molecule has 6 heteroatoms. The summed E-state index contributed by atoms with van der Waals surface area (Å²) in [5.74, 6) is -0.0602. The topological polar surface area (TPSA) is 60.1 Å². The second-order valence-electron chi connectivity index (χ2n) is 5.63. The van der Waals surface area contributed by atoms with Gasteiger partial charge in [-0.2, -0.15) is 5.10 Å². The lowest BCUT2D eigenvalue weighted by Crippen LogP contribution is -2.12. The number of anilines is 1. The van der Waals surface area contributed by atoms with Gasteiger partial charge < -0.3 is 9.73 Å². The first-order chi connectivity index (χ1) is 12.1. The lowest BCUT2D eigenvalue weighted by Gasteiger charge is -2.07. The summed E-state index contributed by atoms with van der Waals surface area (Å²) in [6.45, 7) is 1.84. The van der Waals surface area contributed by atoms with Gasteiger partial charge in [0.25, 0.3) is 5.91 Å². The predicted octanol–water partition coefficient (Wildman–Crippen LogP) is 4.83. The van der Waals surface area contributed by atoms with Gasteiger partial charge in [-0.1, -0.05) is 29.8 Å². The number of nitrogens with one attached hydrogen (secondary N) is 1. The van der Waals surface area contributed by atoms with Gasteiger partial charge >= 0.3 is 0 Å². The molecular formula is C19H14ClN3O2. The third-order valence-electron chi connectivity index (χ3n) is 3.99. The molecule has 1 N–H and O–H groups in total. The van der Waals surface area contributed by atoms with Gasteiger partial charge in [-0.15, -0.1) is 0 Å². The minimum Gasteiger partial charge on any atom is -0.449 e. The van der Waals surface area contributed by atoms with Gasteiger partial charge in [-0.25, -0.2) is 4.68 Å². The van der Waals surface area contributed by atoms with Crippen LogP contribution in [-0.4, -0.2) is 15.7 Å². The van der Waals surface area contributed by atoms with Crippen molar-refractivity contribution >= 4 is 34.2 Å². The second-order valence-corrected chi connectivity index (χ2v) is 6.03. The minimum absolute atomic E-state index is 0.257. The molecule has 1 amide bonds. The highest BCUT2D eigenvalue weighted by Crippen LogP contribution is 2.31. The molecule has 0 aliphatic heterocycles. The Hall–Kier alpha value is -3.05. The van der Waals surface area contributed by atoms with Gasteiger partial charge in [-0.3, -0.25) is 4.79 Å². The standard InChI is InChI=1S/C19H14ClN3O2/c1-12-15-7-3-8-16(20)18(15)25-17(12)19(24)22-13-5-2-6-14(11-13)23-10-4-9-21-23/h2-11H,1H3,(H,22,24). The molecule has 0 atom stereocenters. The number of amides is 1. The Labute approximate surface area is 148 Å². The predicted molar refractivity (Wildman–Crippen MR) is 97.5 cm³/mol. The second kappa shape index (κ2) is 6.11. The van der Waals surface area contributed by atoms with Crippen molar-refractivity contribution in [3.63, 3.8) is 0 Å². The molecule has 0 radical (unpaired) electrons. The molecule has 2 aromatic carbocycles. The van der Waals surface area contributed by atoms with Crippen LogP contribution in [0.15, 0.2) is 65.3 Å². The number of aromatic nitrogens is 2. The molecule has 0 unspecified atom stereocenters. The number of fused-ring (bicyclic) bond motifs is 1. The van der Waals surface area contributed by atoms with Crippen molar-refractivity contribution in [1.82, 2.24) is 9.78 Å². The molecule has 0 saturated heterocycles. The van der Waals surface area contributed by atoms with Gasteiger partial charge in [0.2, 0.25) is 0 Å². The number of para-hydroxylation sites is 1. The van der Waals surface area contributed by atoms with Crippen LogP contribution in [0.2, 0.25) is 5.02 Å². The first-order valence-electron chi connectivity index (χ1n) is 7.72. The summed E-state index contributed by atoms with van der Waals surface area (Å²) in [7, 11) is 0. The monoisotopic (exact) mass is 351 g/mol. The molecule has 0 aliphatic carbocycles. The molecule has 0 aliphatic rings. The molecule has 4 rings (SSSR count). The maximum absolute atomic E-state index is 12.6. The fraction of sp³-hybridized carbons (Fsp3) is 0.0526. The van der Waals surface area contributed by atoms with E-state index in [-0.39, 0.29) is 11.7 Å². The highest BCUT2D eigenvalue weighted by atomic mass is 35.5. The van der Waals surface area contributed by atoms with Crippen molar-refractivity contribution in [3.05, 3.63) is 77.3 Å². The number of halogens is 1. The minimum atomic E-state index is -0.317. The zero-order valence-electron chi connectivity index (χ0n) is 13.4. The molecule has 5 nitrogen and oxygen atoms in total. The van der Waals surface area contributed by atoms with E-state index in [0.29, 0.717) is 16.3 Å². The number of hydrogen-bond acceptors (Lipinski definition) is 3. The van der Waals surface area contributed by atoms with E-state index in [1.165, 1.54) is 0 Å². The molecule has 2 heterocycles. The van der Waals surface area contributed by atoms with Gasteiger partial charge in [-0.05, 0) is 37.3 Å². The van der Waals surface area contributed by atoms with Crippen molar-refractivity contribution in [2.75, 3.05) is 5.32 Å². The summed E-state index contributed by atoms with van der Waals surface area (Å²) in [5.41, 5.74) is 2.80. The van der Waals surface area contributed by atoms with Crippen molar-refractivity contribution in [1.29, 1.82) is 0 Å². The zero-order chi connectivity index (χ0) is 17.4. The number of aryl methyl sites for hydroxylation is 1. The van der Waals surface area contributed by atoms with Crippen molar-refractivity contribution in [2.24, 2.45) is 0 Å². The summed E-state index contributed by atoms with van der Waals surface area (Å²) < 4.78 is 7.43. The van der Waals surface area contributed by atoms with Crippen LogP contribution in [0.3, 0.4) is 0 Å². The Bertz CT molecular complexity index is 1070. The van der Waals surface area contributed by atoms with Gasteiger partial charge in [0.15, 0.2) is 11.3 Å². The van der Waals surface area contributed by atoms with E-state index in [9.17, 15) is 4.79 Å². The molecule has 0 saturated carbocycles. The van der Waals surface area contributed by atoms with Crippen LogP contribution in [0, 0.1) is 6.92 Å². The highest BCUT2D eigenvalue weighted by Gasteiger charge is 2.19. The maximum Gasteiger partial charge on any atom is 0.291 e. The summed E-state index contributed by atoms with van der Waals surface area (Å²) in [6, 6.07) is 14.7. The number of carbonyl (C=O) groups is 1. The normalized spacial score (nSPS) is 11.0. The van der Waals surface area contributed by atoms with Crippen LogP contribution in [-0.2, 0) is 0 Å². The molecule has 124 valence electrons. The van der Waals surface area contributed by atoms with Crippen LogP contribution < -0.4 is 5.32 Å². The zero-order valence-corrected chi connectivity index (χ0v) is 14.1. The number of hydrogen-bond donors (Lipinski definition) is 1. The Morgan fingerprint density at radius 3 is 2.80 bits per heavy atom. The van der Waals surface area contributed by atoms with Gasteiger partial charge in [0.1, 0.15) is 0 Å². The molecule has 0 bridgehead atoms. The number of nitrogens with zero attached hydrogens (tertiary/aromatic N) is 2. The van der Waals surface area contributed by atoms with E-state index in [1.807, 2.05) is 55.6 Å². The van der Waals surface area contributed by atoms with Gasteiger partial charge in [0, 0.05) is 29.0 Å². The average Bonchev–Trinajstić information content (AvgIpc) is 3.25. The lowest BCUT2D eigenvalue weighted by molar-refractivity contribution is 0.0998. The fourth-order valence-corrected chi connectivity index (χ4v) is 2.97. The summed E-state index contributed by atoms with van der Waals surface area (Å²) in [5, 5.41) is 8.38. The number of benzene rings is 2. The third kappa shape index (κ3) is 2.79. The molecule has 4 aromatic rings. The molecular weight excluding hydrogens is 338 g/mol. The van der Waals surface area contributed by atoms with E-state index >= 15 is 0 Å². The largest absolute Gasteiger partial charge is 0.449 e. The lowest BCUT2D eigenvalue weighted by atomic mass is 10.1. The summed E-state index contributed by atoms with van der Waals surface area (Å²) in [6.07, 6.45) is 3.54. The van der Waals surface area contributed by atoms with Crippen LogP contribution in [0.1, 0.15) is 16.1 Å². The van der Waals surface area contributed by atoms with E-state index in [2.05, 4.69) is 10.4 Å².